The number of benzene rings is 1. The van der Waals surface area contributed by atoms with Crippen LogP contribution in [0.2, 0.25) is 0 Å². The molecule has 2 aliphatic rings. The summed E-state index contributed by atoms with van der Waals surface area (Å²) in [6.07, 6.45) is 8.31. The van der Waals surface area contributed by atoms with Crippen LogP contribution in [0.5, 0.6) is 5.75 Å². The van der Waals surface area contributed by atoms with Gasteiger partial charge in [-0.1, -0.05) is 28.1 Å². The maximum absolute atomic E-state index is 10.3. The van der Waals surface area contributed by atoms with Crippen LogP contribution in [0.1, 0.15) is 37.4 Å². The Morgan fingerprint density at radius 1 is 1.28 bits per heavy atom. The molecule has 1 aliphatic carbocycles. The molecule has 2 nitrogen and oxygen atoms in total. The van der Waals surface area contributed by atoms with Crippen LogP contribution < -0.4 is 4.74 Å². The molecule has 1 aromatic rings. The molecule has 18 heavy (non-hydrogen) atoms. The number of ether oxygens (including phenoxy) is 1. The van der Waals surface area contributed by atoms with Gasteiger partial charge in [-0.15, -0.1) is 0 Å². The molecule has 0 amide bonds. The summed E-state index contributed by atoms with van der Waals surface area (Å²) >= 11 is 3.43. The second-order valence-corrected chi connectivity index (χ2v) is 6.05. The summed E-state index contributed by atoms with van der Waals surface area (Å²) in [5.74, 6) is 1.39. The van der Waals surface area contributed by atoms with Gasteiger partial charge in [0.1, 0.15) is 11.9 Å². The van der Waals surface area contributed by atoms with E-state index in [9.17, 15) is 5.11 Å². The zero-order valence-electron chi connectivity index (χ0n) is 10.2. The van der Waals surface area contributed by atoms with Crippen molar-refractivity contribution in [1.82, 2.24) is 0 Å². The van der Waals surface area contributed by atoms with Gasteiger partial charge in [0.05, 0.1) is 6.10 Å². The molecule has 0 spiro atoms. The van der Waals surface area contributed by atoms with Gasteiger partial charge in [0.15, 0.2) is 0 Å². The number of aliphatic hydroxyl groups excluding tert-OH is 1. The highest BCUT2D eigenvalue weighted by atomic mass is 79.9. The summed E-state index contributed by atoms with van der Waals surface area (Å²) in [5, 5.41) is 10.3. The average molecular weight is 309 g/mol. The highest BCUT2D eigenvalue weighted by molar-refractivity contribution is 9.10. The first-order valence-corrected chi connectivity index (χ1v) is 7.32. The summed E-state index contributed by atoms with van der Waals surface area (Å²) in [5.41, 5.74) is 0.909. The first kappa shape index (κ1) is 12.2. The largest absolute Gasteiger partial charge is 0.490 e. The van der Waals surface area contributed by atoms with Crippen molar-refractivity contribution in [2.45, 2.75) is 37.9 Å². The van der Waals surface area contributed by atoms with Crippen LogP contribution in [-0.2, 0) is 0 Å². The molecule has 1 heterocycles. The lowest BCUT2D eigenvalue weighted by molar-refractivity contribution is 0.0314. The standard InChI is InChI=1S/C15H17BrO2/c16-11-6-7-14-12(8-11)13(17)9-15(18-14)10-4-2-1-3-5-10/h1-2,6-8,10,13,15,17H,3-5,9H2/t10?,13-,15?/m1/s1. The van der Waals surface area contributed by atoms with E-state index in [-0.39, 0.29) is 6.10 Å². The number of hydrogen-bond donors (Lipinski definition) is 1. The molecule has 3 rings (SSSR count). The topological polar surface area (TPSA) is 29.5 Å². The van der Waals surface area contributed by atoms with Crippen LogP contribution in [0.15, 0.2) is 34.8 Å². The maximum atomic E-state index is 10.3. The minimum absolute atomic E-state index is 0.152. The molecule has 0 bridgehead atoms. The SMILES string of the molecule is O[C@@H]1CC(C2CC=CCC2)Oc2ccc(Br)cc21. The zero-order chi connectivity index (χ0) is 12.5. The second-order valence-electron chi connectivity index (χ2n) is 5.13. The van der Waals surface area contributed by atoms with Crippen molar-refractivity contribution < 1.29 is 9.84 Å². The first-order valence-electron chi connectivity index (χ1n) is 6.53. The van der Waals surface area contributed by atoms with Crippen molar-refractivity contribution in [3.05, 3.63) is 40.4 Å². The number of fused-ring (bicyclic) bond motifs is 1. The zero-order valence-corrected chi connectivity index (χ0v) is 11.8. The molecule has 0 saturated heterocycles. The molecule has 96 valence electrons. The highest BCUT2D eigenvalue weighted by Gasteiger charge is 2.32. The lowest BCUT2D eigenvalue weighted by Gasteiger charge is -2.35. The van der Waals surface area contributed by atoms with Crippen LogP contribution in [-0.4, -0.2) is 11.2 Å². The van der Waals surface area contributed by atoms with Crippen LogP contribution >= 0.6 is 15.9 Å². The Labute approximate surface area is 116 Å². The van der Waals surface area contributed by atoms with E-state index in [4.69, 9.17) is 4.74 Å². The first-order chi connectivity index (χ1) is 8.74. The van der Waals surface area contributed by atoms with Crippen LogP contribution in [0, 0.1) is 5.92 Å². The smallest absolute Gasteiger partial charge is 0.125 e. The van der Waals surface area contributed by atoms with Gasteiger partial charge in [0.25, 0.3) is 0 Å². The molecular weight excluding hydrogens is 292 g/mol. The molecule has 0 fully saturated rings. The third kappa shape index (κ3) is 2.34. The fourth-order valence-corrected chi connectivity index (χ4v) is 3.27. The molecule has 1 aliphatic heterocycles. The number of rotatable bonds is 1. The van der Waals surface area contributed by atoms with Gasteiger partial charge in [0, 0.05) is 16.5 Å². The van der Waals surface area contributed by atoms with E-state index in [0.717, 1.165) is 28.6 Å². The van der Waals surface area contributed by atoms with Gasteiger partial charge in [0.2, 0.25) is 0 Å². The summed E-state index contributed by atoms with van der Waals surface area (Å²) in [4.78, 5) is 0. The van der Waals surface area contributed by atoms with Crippen molar-refractivity contribution in [2.24, 2.45) is 5.92 Å². The van der Waals surface area contributed by atoms with Crippen LogP contribution in [0.3, 0.4) is 0 Å². The van der Waals surface area contributed by atoms with Gasteiger partial charge in [-0.25, -0.2) is 0 Å². The van der Waals surface area contributed by atoms with E-state index in [0.29, 0.717) is 12.3 Å². The Bertz CT molecular complexity index is 470. The lowest BCUT2D eigenvalue weighted by Crippen LogP contribution is -2.33. The quantitative estimate of drug-likeness (QED) is 0.795. The minimum Gasteiger partial charge on any atom is -0.490 e. The Balaban J connectivity index is 1.82. The Kier molecular flexibility index (Phi) is 3.44. The van der Waals surface area contributed by atoms with Crippen molar-refractivity contribution in [3.8, 4) is 5.75 Å². The molecule has 3 atom stereocenters. The second kappa shape index (κ2) is 5.06. The fraction of sp³-hybridized carbons (Fsp3) is 0.467. The fourth-order valence-electron chi connectivity index (χ4n) is 2.89. The molecule has 1 N–H and O–H groups in total. The Morgan fingerprint density at radius 2 is 2.17 bits per heavy atom. The van der Waals surface area contributed by atoms with E-state index in [1.807, 2.05) is 18.2 Å². The Morgan fingerprint density at radius 3 is 2.94 bits per heavy atom. The molecule has 1 aromatic carbocycles. The summed E-state index contributed by atoms with van der Waals surface area (Å²) in [6.45, 7) is 0. The third-order valence-electron chi connectivity index (χ3n) is 3.90. The summed E-state index contributed by atoms with van der Waals surface area (Å²) in [7, 11) is 0. The molecule has 0 radical (unpaired) electrons. The molecular formula is C15H17BrO2. The third-order valence-corrected chi connectivity index (χ3v) is 4.39. The highest BCUT2D eigenvalue weighted by Crippen LogP contribution is 2.40. The van der Waals surface area contributed by atoms with Gasteiger partial charge in [-0.05, 0) is 43.4 Å². The van der Waals surface area contributed by atoms with Crippen molar-refractivity contribution in [2.75, 3.05) is 0 Å². The van der Waals surface area contributed by atoms with Crippen molar-refractivity contribution in [1.29, 1.82) is 0 Å². The summed E-state index contributed by atoms with van der Waals surface area (Å²) in [6, 6.07) is 5.87. The number of halogens is 1. The van der Waals surface area contributed by atoms with Crippen molar-refractivity contribution >= 4 is 15.9 Å². The summed E-state index contributed by atoms with van der Waals surface area (Å²) < 4.78 is 7.07. The maximum Gasteiger partial charge on any atom is 0.125 e. The van der Waals surface area contributed by atoms with Gasteiger partial charge in [-0.3, -0.25) is 0 Å². The average Bonchev–Trinajstić information content (AvgIpc) is 2.40. The van der Waals surface area contributed by atoms with Gasteiger partial charge >= 0.3 is 0 Å². The van der Waals surface area contributed by atoms with E-state index in [1.165, 1.54) is 6.42 Å². The molecule has 0 aromatic heterocycles. The van der Waals surface area contributed by atoms with Crippen LogP contribution in [0.25, 0.3) is 0 Å². The van der Waals surface area contributed by atoms with E-state index in [2.05, 4.69) is 28.1 Å². The van der Waals surface area contributed by atoms with E-state index in [1.54, 1.807) is 0 Å². The van der Waals surface area contributed by atoms with Gasteiger partial charge < -0.3 is 9.84 Å². The lowest BCUT2D eigenvalue weighted by atomic mass is 9.84. The monoisotopic (exact) mass is 308 g/mol. The number of aliphatic hydroxyl groups is 1. The predicted octanol–water partition coefficient (Wildman–Crippen LogP) is 3.99. The number of hydrogen-bond acceptors (Lipinski definition) is 2. The van der Waals surface area contributed by atoms with Crippen LogP contribution in [0.4, 0.5) is 0 Å². The van der Waals surface area contributed by atoms with E-state index < -0.39 is 6.10 Å². The minimum atomic E-state index is -0.401. The van der Waals surface area contributed by atoms with Crippen molar-refractivity contribution in [3.63, 3.8) is 0 Å². The predicted molar refractivity (Wildman–Crippen MR) is 74.6 cm³/mol. The van der Waals surface area contributed by atoms with E-state index >= 15 is 0 Å². The molecule has 3 heteroatoms. The molecule has 2 unspecified atom stereocenters. The normalized spacial score (nSPS) is 30.7. The Hall–Kier alpha value is -0.800. The number of allylic oxidation sites excluding steroid dienone is 2. The van der Waals surface area contributed by atoms with Gasteiger partial charge in [-0.2, -0.15) is 0 Å². The molecule has 0 saturated carbocycles.